The van der Waals surface area contributed by atoms with E-state index in [9.17, 15) is 0 Å². The summed E-state index contributed by atoms with van der Waals surface area (Å²) in [4.78, 5) is 10.3. The van der Waals surface area contributed by atoms with Gasteiger partial charge in [-0.25, -0.2) is 0 Å². The van der Waals surface area contributed by atoms with E-state index in [-0.39, 0.29) is 0 Å². The van der Waals surface area contributed by atoms with E-state index in [0.29, 0.717) is 0 Å². The molecule has 1 aromatic heterocycles. The minimum absolute atomic E-state index is 0.677. The lowest BCUT2D eigenvalue weighted by atomic mass is 9.72. The van der Waals surface area contributed by atoms with Crippen LogP contribution < -0.4 is 9.80 Å². The van der Waals surface area contributed by atoms with Gasteiger partial charge >= 0.3 is 0 Å². The Kier molecular flexibility index (Phi) is 7.88. The van der Waals surface area contributed by atoms with E-state index >= 15 is 0 Å². The molecule has 10 aromatic rings. The highest BCUT2D eigenvalue weighted by Crippen LogP contribution is 2.64. The zero-order valence-electron chi connectivity index (χ0n) is 34.0. The zero-order valence-corrected chi connectivity index (χ0v) is 34.0. The van der Waals surface area contributed by atoms with Gasteiger partial charge in [0.1, 0.15) is 0 Å². The van der Waals surface area contributed by atoms with Gasteiger partial charge in [-0.2, -0.15) is 0 Å². The molecule has 3 nitrogen and oxygen atoms in total. The van der Waals surface area contributed by atoms with Crippen LogP contribution >= 0.6 is 0 Å². The molecular formula is C58H41N3. The van der Waals surface area contributed by atoms with E-state index in [1.165, 1.54) is 71.6 Å². The van der Waals surface area contributed by atoms with Crippen LogP contribution in [0.4, 0.5) is 34.1 Å². The molecule has 288 valence electrons. The van der Waals surface area contributed by atoms with Gasteiger partial charge in [0.15, 0.2) is 0 Å². The fraction of sp³-hybridized carbons (Fsp3) is 0.0517. The highest BCUT2D eigenvalue weighted by molar-refractivity contribution is 6.02. The van der Waals surface area contributed by atoms with Gasteiger partial charge < -0.3 is 9.80 Å². The van der Waals surface area contributed by atoms with Gasteiger partial charge in [0.25, 0.3) is 0 Å². The molecule has 9 aromatic carbocycles. The Labute approximate surface area is 356 Å². The number of anilines is 6. The molecule has 0 N–H and O–H groups in total. The Balaban J connectivity index is 1.16. The Morgan fingerprint density at radius 3 is 1.39 bits per heavy atom. The van der Waals surface area contributed by atoms with Crippen LogP contribution in [0, 0.1) is 13.8 Å². The Hall–Kier alpha value is -7.75. The van der Waals surface area contributed by atoms with Crippen LogP contribution in [0.5, 0.6) is 0 Å². The summed E-state index contributed by atoms with van der Waals surface area (Å²) in [6.07, 6.45) is 1.98. The standard InChI is InChI=1S/C58H41N3/c1-38-34-51-50-26-15-33-59-57(50)58(52(51)35-39(38)2)53-36-44(60(42-20-5-3-6-21-42)55-27-13-18-40-16-9-11-24-46(40)55)29-31-48(53)49-32-30-45(37-54(49)58)61(43-22-7-4-8-23-43)56-28-14-19-41-17-10-12-25-47(41)56/h3-37H,1-2H3. The van der Waals surface area contributed by atoms with Crippen LogP contribution in [0.1, 0.15) is 33.5 Å². The second kappa shape index (κ2) is 13.7. The molecule has 0 amide bonds. The number of nitrogens with zero attached hydrogens (tertiary/aromatic N) is 3. The van der Waals surface area contributed by atoms with Crippen LogP contribution in [0.25, 0.3) is 43.8 Å². The molecule has 0 aliphatic heterocycles. The van der Waals surface area contributed by atoms with Gasteiger partial charge in [0, 0.05) is 45.3 Å². The third-order valence-corrected chi connectivity index (χ3v) is 13.2. The Morgan fingerprint density at radius 2 is 0.836 bits per heavy atom. The Bertz CT molecular complexity index is 3170. The van der Waals surface area contributed by atoms with E-state index in [0.717, 1.165) is 39.8 Å². The van der Waals surface area contributed by atoms with Crippen LogP contribution in [-0.2, 0) is 5.41 Å². The molecule has 0 saturated heterocycles. The zero-order chi connectivity index (χ0) is 40.7. The minimum Gasteiger partial charge on any atom is -0.310 e. The third-order valence-electron chi connectivity index (χ3n) is 13.2. The average molecular weight is 780 g/mol. The highest BCUT2D eigenvalue weighted by Gasteiger charge is 2.53. The fourth-order valence-corrected chi connectivity index (χ4v) is 10.3. The first-order valence-electron chi connectivity index (χ1n) is 21.1. The van der Waals surface area contributed by atoms with Crippen molar-refractivity contribution in [2.45, 2.75) is 19.3 Å². The number of hydrogen-bond acceptors (Lipinski definition) is 3. The molecule has 61 heavy (non-hydrogen) atoms. The SMILES string of the molecule is Cc1cc2c(cc1C)C1(c3cc(N(c4ccccc4)c4cccc5ccccc45)ccc3-c3ccc(N(c4ccccc4)c4cccc5ccccc45)cc31)c1ncccc1-2. The molecule has 3 heteroatoms. The molecule has 0 fully saturated rings. The summed E-state index contributed by atoms with van der Waals surface area (Å²) in [5, 5.41) is 4.83. The van der Waals surface area contributed by atoms with Crippen molar-refractivity contribution < 1.29 is 0 Å². The molecular weight excluding hydrogens is 739 g/mol. The van der Waals surface area contributed by atoms with E-state index < -0.39 is 5.41 Å². The summed E-state index contributed by atoms with van der Waals surface area (Å²) in [6, 6.07) is 75.7. The summed E-state index contributed by atoms with van der Waals surface area (Å²) in [5.41, 5.74) is 18.3. The maximum atomic E-state index is 5.40. The van der Waals surface area contributed by atoms with Gasteiger partial charge in [0.05, 0.1) is 22.5 Å². The average Bonchev–Trinajstić information content (AvgIpc) is 3.76. The molecule has 0 bridgehead atoms. The van der Waals surface area contributed by atoms with Crippen LogP contribution in [0.15, 0.2) is 212 Å². The first kappa shape index (κ1) is 35.2. The van der Waals surface area contributed by atoms with Crippen LogP contribution in [0.2, 0.25) is 0 Å². The van der Waals surface area contributed by atoms with Crippen LogP contribution in [-0.4, -0.2) is 4.98 Å². The number of benzene rings is 9. The monoisotopic (exact) mass is 779 g/mol. The number of aromatic nitrogens is 1. The lowest BCUT2D eigenvalue weighted by Gasteiger charge is -2.33. The number of hydrogen-bond donors (Lipinski definition) is 0. The first-order valence-corrected chi connectivity index (χ1v) is 21.1. The smallest absolute Gasteiger partial charge is 0.0899 e. The quantitative estimate of drug-likeness (QED) is 0.168. The number of para-hydroxylation sites is 2. The summed E-state index contributed by atoms with van der Waals surface area (Å²) in [7, 11) is 0. The van der Waals surface area contributed by atoms with Gasteiger partial charge in [-0.1, -0.05) is 140 Å². The largest absolute Gasteiger partial charge is 0.310 e. The summed E-state index contributed by atoms with van der Waals surface area (Å²) < 4.78 is 0. The van der Waals surface area contributed by atoms with Gasteiger partial charge in [0.2, 0.25) is 0 Å². The van der Waals surface area contributed by atoms with Crippen molar-refractivity contribution in [1.82, 2.24) is 4.98 Å². The lowest BCUT2D eigenvalue weighted by Crippen LogP contribution is -2.28. The minimum atomic E-state index is -0.677. The summed E-state index contributed by atoms with van der Waals surface area (Å²) in [5.74, 6) is 0. The third kappa shape index (κ3) is 5.20. The normalized spacial score (nSPS) is 12.9. The number of fused-ring (bicyclic) bond motifs is 12. The van der Waals surface area contributed by atoms with Crippen molar-refractivity contribution >= 4 is 55.7 Å². The van der Waals surface area contributed by atoms with Gasteiger partial charge in [-0.05, 0) is 136 Å². The van der Waals surface area contributed by atoms with Crippen molar-refractivity contribution in [3.8, 4) is 22.3 Å². The molecule has 12 rings (SSSR count). The molecule has 2 aliphatic rings. The van der Waals surface area contributed by atoms with Crippen molar-refractivity contribution in [3.63, 3.8) is 0 Å². The molecule has 0 saturated carbocycles. The predicted molar refractivity (Wildman–Crippen MR) is 254 cm³/mol. The van der Waals surface area contributed by atoms with Gasteiger partial charge in [-0.3, -0.25) is 4.98 Å². The van der Waals surface area contributed by atoms with E-state index in [4.69, 9.17) is 4.98 Å². The molecule has 1 spiro atoms. The summed E-state index contributed by atoms with van der Waals surface area (Å²) in [6.45, 7) is 4.48. The molecule has 2 aliphatic carbocycles. The fourth-order valence-electron chi connectivity index (χ4n) is 10.3. The molecule has 0 atom stereocenters. The second-order valence-electron chi connectivity index (χ2n) is 16.4. The van der Waals surface area contributed by atoms with Crippen LogP contribution in [0.3, 0.4) is 0 Å². The van der Waals surface area contributed by atoms with E-state index in [1.54, 1.807) is 0 Å². The predicted octanol–water partition coefficient (Wildman–Crippen LogP) is 15.3. The van der Waals surface area contributed by atoms with Crippen molar-refractivity contribution in [3.05, 3.63) is 246 Å². The number of rotatable bonds is 6. The topological polar surface area (TPSA) is 19.4 Å². The van der Waals surface area contributed by atoms with Gasteiger partial charge in [-0.15, -0.1) is 0 Å². The number of aryl methyl sites for hydroxylation is 2. The number of pyridine rings is 1. The molecule has 1 heterocycles. The highest BCUT2D eigenvalue weighted by atomic mass is 15.1. The van der Waals surface area contributed by atoms with Crippen molar-refractivity contribution in [2.75, 3.05) is 9.80 Å². The summed E-state index contributed by atoms with van der Waals surface area (Å²) >= 11 is 0. The van der Waals surface area contributed by atoms with E-state index in [1.807, 2.05) is 6.20 Å². The molecule has 0 radical (unpaired) electrons. The second-order valence-corrected chi connectivity index (χ2v) is 16.4. The maximum absolute atomic E-state index is 5.40. The molecule has 0 unspecified atom stereocenters. The van der Waals surface area contributed by atoms with Crippen molar-refractivity contribution in [2.24, 2.45) is 0 Å². The Morgan fingerprint density at radius 1 is 0.361 bits per heavy atom. The first-order chi connectivity index (χ1) is 30.1. The van der Waals surface area contributed by atoms with Crippen molar-refractivity contribution in [1.29, 1.82) is 0 Å². The van der Waals surface area contributed by atoms with E-state index in [2.05, 4.69) is 230 Å². The maximum Gasteiger partial charge on any atom is 0.0899 e. The lowest BCUT2D eigenvalue weighted by molar-refractivity contribution is 0.759.